The van der Waals surface area contributed by atoms with Gasteiger partial charge in [-0.25, -0.2) is 0 Å². The highest BCUT2D eigenvalue weighted by atomic mass is 35.5. The SMILES string of the molecule is Cl.O=C(CNC(=O)c1cccs1)NC1CC2CCC(C1)N2. The van der Waals surface area contributed by atoms with Crippen LogP contribution in [0, 0.1) is 0 Å². The van der Waals surface area contributed by atoms with E-state index >= 15 is 0 Å². The third-order valence-electron chi connectivity index (χ3n) is 3.99. The van der Waals surface area contributed by atoms with Gasteiger partial charge in [0.15, 0.2) is 0 Å². The Kier molecular flexibility index (Phi) is 5.61. The lowest BCUT2D eigenvalue weighted by molar-refractivity contribution is -0.121. The highest BCUT2D eigenvalue weighted by molar-refractivity contribution is 7.12. The summed E-state index contributed by atoms with van der Waals surface area (Å²) in [5.41, 5.74) is 0. The second-order valence-corrected chi connectivity index (χ2v) is 6.48. The van der Waals surface area contributed by atoms with Gasteiger partial charge in [0.2, 0.25) is 5.91 Å². The van der Waals surface area contributed by atoms with Gasteiger partial charge < -0.3 is 16.0 Å². The molecule has 0 saturated carbocycles. The average molecular weight is 330 g/mol. The van der Waals surface area contributed by atoms with Crippen LogP contribution in [0.4, 0.5) is 0 Å². The van der Waals surface area contributed by atoms with E-state index in [1.807, 2.05) is 11.4 Å². The smallest absolute Gasteiger partial charge is 0.261 e. The van der Waals surface area contributed by atoms with E-state index in [-0.39, 0.29) is 36.8 Å². The first-order valence-corrected chi connectivity index (χ1v) is 7.96. The Morgan fingerprint density at radius 3 is 2.62 bits per heavy atom. The van der Waals surface area contributed by atoms with Crippen molar-refractivity contribution in [3.8, 4) is 0 Å². The van der Waals surface area contributed by atoms with Crippen molar-refractivity contribution in [3.63, 3.8) is 0 Å². The molecule has 3 rings (SSSR count). The molecule has 5 nitrogen and oxygen atoms in total. The maximum Gasteiger partial charge on any atom is 0.261 e. The van der Waals surface area contributed by atoms with Crippen LogP contribution in [-0.4, -0.2) is 36.5 Å². The highest BCUT2D eigenvalue weighted by Crippen LogP contribution is 2.26. The van der Waals surface area contributed by atoms with Crippen LogP contribution in [0.15, 0.2) is 17.5 Å². The summed E-state index contributed by atoms with van der Waals surface area (Å²) in [6.45, 7) is 0.0516. The molecule has 0 radical (unpaired) electrons. The Labute approximate surface area is 134 Å². The zero-order valence-electron chi connectivity index (χ0n) is 11.6. The molecule has 2 bridgehead atoms. The van der Waals surface area contributed by atoms with Gasteiger partial charge in [-0.1, -0.05) is 6.07 Å². The van der Waals surface area contributed by atoms with Crippen LogP contribution in [0.5, 0.6) is 0 Å². The summed E-state index contributed by atoms with van der Waals surface area (Å²) in [7, 11) is 0. The third-order valence-corrected chi connectivity index (χ3v) is 4.86. The number of piperidine rings is 1. The molecule has 0 spiro atoms. The van der Waals surface area contributed by atoms with Crippen molar-refractivity contribution in [2.24, 2.45) is 0 Å². The lowest BCUT2D eigenvalue weighted by Crippen LogP contribution is -2.50. The zero-order valence-corrected chi connectivity index (χ0v) is 13.3. The summed E-state index contributed by atoms with van der Waals surface area (Å²) < 4.78 is 0. The first-order valence-electron chi connectivity index (χ1n) is 7.08. The van der Waals surface area contributed by atoms with Gasteiger partial charge in [-0.2, -0.15) is 0 Å². The van der Waals surface area contributed by atoms with E-state index in [0.29, 0.717) is 17.0 Å². The topological polar surface area (TPSA) is 70.2 Å². The van der Waals surface area contributed by atoms with Gasteiger partial charge in [0.1, 0.15) is 0 Å². The fourth-order valence-corrected chi connectivity index (χ4v) is 3.75. The normalized spacial score (nSPS) is 26.8. The predicted molar refractivity (Wildman–Crippen MR) is 85.0 cm³/mol. The molecule has 21 heavy (non-hydrogen) atoms. The van der Waals surface area contributed by atoms with Gasteiger partial charge in [0.05, 0.1) is 11.4 Å². The molecule has 2 unspecified atom stereocenters. The lowest BCUT2D eigenvalue weighted by Gasteiger charge is -2.29. The van der Waals surface area contributed by atoms with Gasteiger partial charge in [-0.3, -0.25) is 9.59 Å². The van der Waals surface area contributed by atoms with Crippen molar-refractivity contribution in [2.75, 3.05) is 6.54 Å². The number of fused-ring (bicyclic) bond motifs is 2. The molecular formula is C14H20ClN3O2S. The Morgan fingerprint density at radius 1 is 1.29 bits per heavy atom. The average Bonchev–Trinajstić information content (AvgIpc) is 3.06. The van der Waals surface area contributed by atoms with Crippen molar-refractivity contribution in [2.45, 2.75) is 43.8 Å². The molecule has 2 amide bonds. The molecule has 2 atom stereocenters. The molecule has 1 aromatic heterocycles. The van der Waals surface area contributed by atoms with Crippen LogP contribution in [0.2, 0.25) is 0 Å². The van der Waals surface area contributed by atoms with Crippen molar-refractivity contribution in [1.82, 2.24) is 16.0 Å². The zero-order chi connectivity index (χ0) is 13.9. The van der Waals surface area contributed by atoms with Crippen LogP contribution >= 0.6 is 23.7 Å². The fraction of sp³-hybridized carbons (Fsp3) is 0.571. The van der Waals surface area contributed by atoms with Crippen LogP contribution in [-0.2, 0) is 4.79 Å². The summed E-state index contributed by atoms with van der Waals surface area (Å²) >= 11 is 1.38. The Balaban J connectivity index is 0.00000161. The predicted octanol–water partition coefficient (Wildman–Crippen LogP) is 1.30. The van der Waals surface area contributed by atoms with Gasteiger partial charge >= 0.3 is 0 Å². The van der Waals surface area contributed by atoms with E-state index in [2.05, 4.69) is 16.0 Å². The highest BCUT2D eigenvalue weighted by Gasteiger charge is 2.33. The van der Waals surface area contributed by atoms with Crippen molar-refractivity contribution >= 4 is 35.6 Å². The largest absolute Gasteiger partial charge is 0.352 e. The van der Waals surface area contributed by atoms with Crippen molar-refractivity contribution in [1.29, 1.82) is 0 Å². The number of halogens is 1. The number of nitrogens with one attached hydrogen (secondary N) is 3. The summed E-state index contributed by atoms with van der Waals surface area (Å²) in [6.07, 6.45) is 4.43. The maximum absolute atomic E-state index is 11.9. The van der Waals surface area contributed by atoms with E-state index in [1.54, 1.807) is 6.07 Å². The van der Waals surface area contributed by atoms with E-state index in [4.69, 9.17) is 0 Å². The molecule has 116 valence electrons. The Morgan fingerprint density at radius 2 is 2.00 bits per heavy atom. The van der Waals surface area contributed by atoms with Crippen molar-refractivity contribution < 1.29 is 9.59 Å². The quantitative estimate of drug-likeness (QED) is 0.780. The van der Waals surface area contributed by atoms with E-state index < -0.39 is 0 Å². The summed E-state index contributed by atoms with van der Waals surface area (Å²) in [6, 6.07) is 4.94. The molecule has 0 aromatic carbocycles. The number of rotatable bonds is 4. The van der Waals surface area contributed by atoms with Gasteiger partial charge in [0, 0.05) is 18.1 Å². The van der Waals surface area contributed by atoms with E-state index in [0.717, 1.165) is 12.8 Å². The third kappa shape index (κ3) is 4.18. The van der Waals surface area contributed by atoms with Crippen LogP contribution in [0.25, 0.3) is 0 Å². The first-order chi connectivity index (χ1) is 9.70. The molecular weight excluding hydrogens is 310 g/mol. The Hall–Kier alpha value is -1.11. The number of hydrogen-bond donors (Lipinski definition) is 3. The van der Waals surface area contributed by atoms with Gasteiger partial charge in [-0.05, 0) is 37.1 Å². The minimum absolute atomic E-state index is 0. The molecule has 3 heterocycles. The second-order valence-electron chi connectivity index (χ2n) is 5.53. The number of amides is 2. The molecule has 0 aliphatic carbocycles. The molecule has 2 aliphatic rings. The van der Waals surface area contributed by atoms with Gasteiger partial charge in [0.25, 0.3) is 5.91 Å². The van der Waals surface area contributed by atoms with Crippen molar-refractivity contribution in [3.05, 3.63) is 22.4 Å². The second kappa shape index (κ2) is 7.24. The summed E-state index contributed by atoms with van der Waals surface area (Å²) in [5, 5.41) is 11.1. The number of thiophene rings is 1. The maximum atomic E-state index is 11.9. The fourth-order valence-electron chi connectivity index (χ4n) is 3.11. The lowest BCUT2D eigenvalue weighted by atomic mass is 10.00. The van der Waals surface area contributed by atoms with Crippen LogP contribution < -0.4 is 16.0 Å². The summed E-state index contributed by atoms with van der Waals surface area (Å²) in [4.78, 5) is 24.2. The molecule has 7 heteroatoms. The molecule has 2 aliphatic heterocycles. The minimum Gasteiger partial charge on any atom is -0.352 e. The monoisotopic (exact) mass is 329 g/mol. The van der Waals surface area contributed by atoms with Gasteiger partial charge in [-0.15, -0.1) is 23.7 Å². The van der Waals surface area contributed by atoms with E-state index in [1.165, 1.54) is 24.2 Å². The van der Waals surface area contributed by atoms with Crippen LogP contribution in [0.3, 0.4) is 0 Å². The first kappa shape index (κ1) is 16.3. The standard InChI is InChI=1S/C14H19N3O2S.ClH/c18-13(8-15-14(19)12-2-1-5-20-12)17-11-6-9-3-4-10(7-11)16-9;/h1-2,5,9-11,16H,3-4,6-8H2,(H,15,19)(H,17,18);1H. The molecule has 2 fully saturated rings. The van der Waals surface area contributed by atoms with E-state index in [9.17, 15) is 9.59 Å². The number of carbonyl (C=O) groups excluding carboxylic acids is 2. The molecule has 3 N–H and O–H groups in total. The number of hydrogen-bond acceptors (Lipinski definition) is 4. The number of carbonyl (C=O) groups is 2. The Bertz CT molecular complexity index is 482. The van der Waals surface area contributed by atoms with Crippen LogP contribution in [0.1, 0.15) is 35.4 Å². The molecule has 2 saturated heterocycles. The summed E-state index contributed by atoms with van der Waals surface area (Å²) in [5.74, 6) is -0.276. The minimum atomic E-state index is -0.180. The molecule has 1 aromatic rings.